The van der Waals surface area contributed by atoms with Crippen LogP contribution in [-0.4, -0.2) is 38.3 Å². The summed E-state index contributed by atoms with van der Waals surface area (Å²) < 4.78 is 5.24. The molecule has 1 aliphatic heterocycles. The predicted octanol–water partition coefficient (Wildman–Crippen LogP) is -0.109. The number of rotatable bonds is 5. The summed E-state index contributed by atoms with van der Waals surface area (Å²) in [6.45, 7) is 5.23. The van der Waals surface area contributed by atoms with Gasteiger partial charge < -0.3 is 15.4 Å². The van der Waals surface area contributed by atoms with Gasteiger partial charge in [0.15, 0.2) is 0 Å². The predicted molar refractivity (Wildman–Crippen MR) is 50.5 cm³/mol. The lowest BCUT2D eigenvalue weighted by Gasteiger charge is -2.10. The van der Waals surface area contributed by atoms with Gasteiger partial charge in [-0.15, -0.1) is 0 Å². The van der Waals surface area contributed by atoms with Gasteiger partial charge in [0.25, 0.3) is 0 Å². The Bertz CT molecular complexity index is 156. The second-order valence-electron chi connectivity index (χ2n) is 3.15. The van der Waals surface area contributed by atoms with Gasteiger partial charge in [0.1, 0.15) is 6.10 Å². The molecule has 1 atom stereocenters. The first kappa shape index (κ1) is 10.5. The lowest BCUT2D eigenvalue weighted by molar-refractivity contribution is -0.129. The third-order valence-electron chi connectivity index (χ3n) is 2.07. The molecular formula is C9H18N2O2. The van der Waals surface area contributed by atoms with Crippen LogP contribution in [0.15, 0.2) is 0 Å². The van der Waals surface area contributed by atoms with E-state index in [-0.39, 0.29) is 12.0 Å². The Hall–Kier alpha value is -0.610. The topological polar surface area (TPSA) is 50.4 Å². The maximum Gasteiger partial charge on any atom is 0.249 e. The summed E-state index contributed by atoms with van der Waals surface area (Å²) in [6, 6.07) is 0. The van der Waals surface area contributed by atoms with Crippen molar-refractivity contribution in [3.8, 4) is 0 Å². The first-order valence-corrected chi connectivity index (χ1v) is 4.94. The molecule has 1 rings (SSSR count). The molecule has 1 fully saturated rings. The van der Waals surface area contributed by atoms with E-state index < -0.39 is 0 Å². The summed E-state index contributed by atoms with van der Waals surface area (Å²) in [6.07, 6.45) is 1.68. The number of hydrogen-bond donors (Lipinski definition) is 2. The second kappa shape index (κ2) is 5.94. The zero-order valence-electron chi connectivity index (χ0n) is 8.14. The van der Waals surface area contributed by atoms with Gasteiger partial charge in [-0.05, 0) is 19.4 Å². The van der Waals surface area contributed by atoms with Gasteiger partial charge in [-0.25, -0.2) is 0 Å². The van der Waals surface area contributed by atoms with Gasteiger partial charge in [0.2, 0.25) is 5.91 Å². The first-order valence-electron chi connectivity index (χ1n) is 4.94. The summed E-state index contributed by atoms with van der Waals surface area (Å²) in [5.41, 5.74) is 0. The summed E-state index contributed by atoms with van der Waals surface area (Å²) in [5, 5.41) is 5.97. The highest BCUT2D eigenvalue weighted by atomic mass is 16.5. The third kappa shape index (κ3) is 3.74. The van der Waals surface area contributed by atoms with Crippen molar-refractivity contribution in [1.82, 2.24) is 10.6 Å². The van der Waals surface area contributed by atoms with E-state index in [1.165, 1.54) is 0 Å². The molecule has 13 heavy (non-hydrogen) atoms. The molecule has 4 heteroatoms. The lowest BCUT2D eigenvalue weighted by Crippen LogP contribution is -2.38. The molecule has 0 radical (unpaired) electrons. The van der Waals surface area contributed by atoms with E-state index in [9.17, 15) is 4.79 Å². The normalized spacial score (nSPS) is 21.8. The Morgan fingerprint density at radius 3 is 3.00 bits per heavy atom. The van der Waals surface area contributed by atoms with Gasteiger partial charge in [-0.3, -0.25) is 4.79 Å². The van der Waals surface area contributed by atoms with Gasteiger partial charge in [0.05, 0.1) is 0 Å². The van der Waals surface area contributed by atoms with Crippen LogP contribution in [0.2, 0.25) is 0 Å². The van der Waals surface area contributed by atoms with Crippen LogP contribution in [-0.2, 0) is 9.53 Å². The maximum absolute atomic E-state index is 11.3. The van der Waals surface area contributed by atoms with Crippen LogP contribution in [0, 0.1) is 0 Å². The molecular weight excluding hydrogens is 168 g/mol. The summed E-state index contributed by atoms with van der Waals surface area (Å²) in [5.74, 6) is 0.0374. The molecule has 0 bridgehead atoms. The monoisotopic (exact) mass is 186 g/mol. The van der Waals surface area contributed by atoms with E-state index in [1.807, 2.05) is 6.92 Å². The fourth-order valence-corrected chi connectivity index (χ4v) is 1.35. The molecule has 1 amide bonds. The molecule has 0 aliphatic carbocycles. The maximum atomic E-state index is 11.3. The number of amides is 1. The molecule has 0 aromatic carbocycles. The van der Waals surface area contributed by atoms with Crippen LogP contribution in [0.5, 0.6) is 0 Å². The van der Waals surface area contributed by atoms with E-state index in [0.717, 1.165) is 32.5 Å². The van der Waals surface area contributed by atoms with Gasteiger partial charge in [-0.2, -0.15) is 0 Å². The van der Waals surface area contributed by atoms with Crippen molar-refractivity contribution in [3.05, 3.63) is 0 Å². The van der Waals surface area contributed by atoms with E-state index in [4.69, 9.17) is 4.74 Å². The fourth-order valence-electron chi connectivity index (χ4n) is 1.35. The molecule has 0 aromatic heterocycles. The fraction of sp³-hybridized carbons (Fsp3) is 0.889. The minimum atomic E-state index is -0.193. The van der Waals surface area contributed by atoms with Crippen LogP contribution in [0.1, 0.15) is 19.8 Å². The molecule has 0 saturated carbocycles. The van der Waals surface area contributed by atoms with E-state index in [1.54, 1.807) is 0 Å². The van der Waals surface area contributed by atoms with Crippen LogP contribution in [0.25, 0.3) is 0 Å². The van der Waals surface area contributed by atoms with Crippen molar-refractivity contribution in [2.75, 3.05) is 26.2 Å². The molecule has 1 heterocycles. The van der Waals surface area contributed by atoms with Gasteiger partial charge >= 0.3 is 0 Å². The van der Waals surface area contributed by atoms with Crippen molar-refractivity contribution in [2.24, 2.45) is 0 Å². The number of ether oxygens (including phenoxy) is 1. The highest BCUT2D eigenvalue weighted by Crippen LogP contribution is 2.11. The SMILES string of the molecule is CCNCCNC(=O)[C@H]1CCCO1. The second-order valence-corrected chi connectivity index (χ2v) is 3.15. The Balaban J connectivity index is 2.03. The molecule has 1 saturated heterocycles. The summed E-state index contributed by atoms with van der Waals surface area (Å²) in [4.78, 5) is 11.3. The van der Waals surface area contributed by atoms with E-state index >= 15 is 0 Å². The Morgan fingerprint density at radius 1 is 1.54 bits per heavy atom. The first-order chi connectivity index (χ1) is 6.34. The van der Waals surface area contributed by atoms with Crippen LogP contribution in [0.3, 0.4) is 0 Å². The van der Waals surface area contributed by atoms with Gasteiger partial charge in [-0.1, -0.05) is 6.92 Å². The zero-order valence-corrected chi connectivity index (χ0v) is 8.14. The largest absolute Gasteiger partial charge is 0.368 e. The lowest BCUT2D eigenvalue weighted by atomic mass is 10.2. The van der Waals surface area contributed by atoms with Crippen molar-refractivity contribution in [1.29, 1.82) is 0 Å². The van der Waals surface area contributed by atoms with Crippen molar-refractivity contribution >= 4 is 5.91 Å². The Labute approximate surface area is 79.0 Å². The van der Waals surface area contributed by atoms with Crippen LogP contribution in [0.4, 0.5) is 0 Å². The summed E-state index contributed by atoms with van der Waals surface area (Å²) >= 11 is 0. The molecule has 0 unspecified atom stereocenters. The number of carbonyl (C=O) groups excluding carboxylic acids is 1. The number of carbonyl (C=O) groups is 1. The molecule has 4 nitrogen and oxygen atoms in total. The Morgan fingerprint density at radius 2 is 2.38 bits per heavy atom. The third-order valence-corrected chi connectivity index (χ3v) is 2.07. The number of likely N-dealkylation sites (N-methyl/N-ethyl adjacent to an activating group) is 1. The van der Waals surface area contributed by atoms with Crippen molar-refractivity contribution < 1.29 is 9.53 Å². The number of nitrogens with one attached hydrogen (secondary N) is 2. The average Bonchev–Trinajstić information content (AvgIpc) is 2.65. The Kier molecular flexibility index (Phi) is 4.78. The molecule has 1 aliphatic rings. The van der Waals surface area contributed by atoms with Crippen molar-refractivity contribution in [2.45, 2.75) is 25.9 Å². The minimum Gasteiger partial charge on any atom is -0.368 e. The van der Waals surface area contributed by atoms with Crippen LogP contribution < -0.4 is 10.6 Å². The summed E-state index contributed by atoms with van der Waals surface area (Å²) in [7, 11) is 0. The molecule has 2 N–H and O–H groups in total. The van der Waals surface area contributed by atoms with E-state index in [2.05, 4.69) is 10.6 Å². The smallest absolute Gasteiger partial charge is 0.249 e. The van der Waals surface area contributed by atoms with E-state index in [0.29, 0.717) is 6.54 Å². The van der Waals surface area contributed by atoms with Crippen LogP contribution >= 0.6 is 0 Å². The van der Waals surface area contributed by atoms with Crippen molar-refractivity contribution in [3.63, 3.8) is 0 Å². The average molecular weight is 186 g/mol. The molecule has 0 aromatic rings. The standard InChI is InChI=1S/C9H18N2O2/c1-2-10-5-6-11-9(12)8-4-3-7-13-8/h8,10H,2-7H2,1H3,(H,11,12)/t8-/m1/s1. The highest BCUT2D eigenvalue weighted by molar-refractivity contribution is 5.80. The minimum absolute atomic E-state index is 0.0374. The molecule has 76 valence electrons. The van der Waals surface area contributed by atoms with Gasteiger partial charge in [0, 0.05) is 19.7 Å². The zero-order chi connectivity index (χ0) is 9.52. The highest BCUT2D eigenvalue weighted by Gasteiger charge is 2.22. The quantitative estimate of drug-likeness (QED) is 0.589. The number of hydrogen-bond acceptors (Lipinski definition) is 3. The molecule has 0 spiro atoms.